The number of nitrogens with zero attached hydrogens (tertiary/aromatic N) is 3. The smallest absolute Gasteiger partial charge is 0.256 e. The molecule has 4 nitrogen and oxygen atoms in total. The fourth-order valence-corrected chi connectivity index (χ4v) is 2.44. The maximum atomic E-state index is 14.0. The highest BCUT2D eigenvalue weighted by Gasteiger charge is 2.23. The Morgan fingerprint density at radius 2 is 2.00 bits per heavy atom. The first-order valence-electron chi connectivity index (χ1n) is 6.99. The van der Waals surface area contributed by atoms with Gasteiger partial charge in [-0.05, 0) is 39.0 Å². The average Bonchev–Trinajstić information content (AvgIpc) is 2.80. The molecule has 0 aliphatic carbocycles. The summed E-state index contributed by atoms with van der Waals surface area (Å²) in [5, 5.41) is 8.95. The van der Waals surface area contributed by atoms with E-state index in [4.69, 9.17) is 5.26 Å². The molecule has 0 saturated carbocycles. The van der Waals surface area contributed by atoms with E-state index in [2.05, 4.69) is 0 Å². The van der Waals surface area contributed by atoms with E-state index >= 15 is 0 Å². The first kappa shape index (κ1) is 15.8. The molecule has 0 saturated heterocycles. The standard InChI is InChI=1S/C17H18FN3O/c1-11-9-14(17(22)20(4)12(2)10-19)13(3)21(11)16-8-6-5-7-15(16)18/h5-9,12H,1-4H3/t12-/m0/s1. The molecular weight excluding hydrogens is 281 g/mol. The Labute approximate surface area is 129 Å². The van der Waals surface area contributed by atoms with Crippen LogP contribution in [0.4, 0.5) is 4.39 Å². The number of benzene rings is 1. The largest absolute Gasteiger partial charge is 0.326 e. The van der Waals surface area contributed by atoms with Gasteiger partial charge in [0.05, 0.1) is 17.3 Å². The number of aryl methyl sites for hydroxylation is 1. The zero-order valence-electron chi connectivity index (χ0n) is 13.1. The quantitative estimate of drug-likeness (QED) is 0.873. The van der Waals surface area contributed by atoms with Crippen molar-refractivity contribution in [2.45, 2.75) is 26.8 Å². The van der Waals surface area contributed by atoms with Crippen LogP contribution >= 0.6 is 0 Å². The molecule has 1 aromatic carbocycles. The number of carbonyl (C=O) groups excluding carboxylic acids is 1. The van der Waals surface area contributed by atoms with E-state index in [0.29, 0.717) is 16.9 Å². The lowest BCUT2D eigenvalue weighted by molar-refractivity contribution is 0.0772. The van der Waals surface area contributed by atoms with Crippen LogP contribution in [0, 0.1) is 31.0 Å². The van der Waals surface area contributed by atoms with Gasteiger partial charge in [0.1, 0.15) is 11.9 Å². The number of rotatable bonds is 3. The maximum Gasteiger partial charge on any atom is 0.256 e. The zero-order valence-corrected chi connectivity index (χ0v) is 13.1. The Morgan fingerprint density at radius 3 is 2.59 bits per heavy atom. The Balaban J connectivity index is 2.51. The van der Waals surface area contributed by atoms with Crippen molar-refractivity contribution in [3.8, 4) is 11.8 Å². The lowest BCUT2D eigenvalue weighted by Gasteiger charge is -2.19. The van der Waals surface area contributed by atoms with Crippen LogP contribution in [-0.4, -0.2) is 28.5 Å². The number of hydrogen-bond acceptors (Lipinski definition) is 2. The van der Waals surface area contributed by atoms with Crippen molar-refractivity contribution >= 4 is 5.91 Å². The van der Waals surface area contributed by atoms with Crippen molar-refractivity contribution in [2.75, 3.05) is 7.05 Å². The summed E-state index contributed by atoms with van der Waals surface area (Å²) in [6, 6.07) is 9.68. The van der Waals surface area contributed by atoms with Crippen molar-refractivity contribution in [3.63, 3.8) is 0 Å². The van der Waals surface area contributed by atoms with Gasteiger partial charge in [-0.25, -0.2) is 4.39 Å². The van der Waals surface area contributed by atoms with Gasteiger partial charge in [0.15, 0.2) is 0 Å². The van der Waals surface area contributed by atoms with Crippen LogP contribution in [0.1, 0.15) is 28.7 Å². The maximum absolute atomic E-state index is 14.0. The summed E-state index contributed by atoms with van der Waals surface area (Å²) in [5.41, 5.74) is 2.31. The fraction of sp³-hybridized carbons (Fsp3) is 0.294. The monoisotopic (exact) mass is 299 g/mol. The van der Waals surface area contributed by atoms with Gasteiger partial charge in [-0.2, -0.15) is 5.26 Å². The number of aromatic nitrogens is 1. The summed E-state index contributed by atoms with van der Waals surface area (Å²) < 4.78 is 15.7. The summed E-state index contributed by atoms with van der Waals surface area (Å²) >= 11 is 0. The van der Waals surface area contributed by atoms with Gasteiger partial charge in [0.25, 0.3) is 5.91 Å². The van der Waals surface area contributed by atoms with Gasteiger partial charge in [-0.1, -0.05) is 12.1 Å². The second kappa shape index (κ2) is 6.02. The van der Waals surface area contributed by atoms with E-state index in [1.807, 2.05) is 13.0 Å². The molecule has 0 aliphatic heterocycles. The molecule has 1 amide bonds. The van der Waals surface area contributed by atoms with Gasteiger partial charge in [-0.15, -0.1) is 0 Å². The average molecular weight is 299 g/mol. The van der Waals surface area contributed by atoms with E-state index in [1.54, 1.807) is 49.7 Å². The predicted molar refractivity (Wildman–Crippen MR) is 82.4 cm³/mol. The molecule has 1 aromatic heterocycles. The lowest BCUT2D eigenvalue weighted by atomic mass is 10.2. The highest BCUT2D eigenvalue weighted by atomic mass is 19.1. The minimum atomic E-state index is -0.524. The van der Waals surface area contributed by atoms with E-state index in [9.17, 15) is 9.18 Å². The second-order valence-electron chi connectivity index (χ2n) is 5.29. The molecule has 0 unspecified atom stereocenters. The predicted octanol–water partition coefficient (Wildman–Crippen LogP) is 3.22. The third-order valence-electron chi connectivity index (χ3n) is 3.84. The van der Waals surface area contributed by atoms with E-state index in [-0.39, 0.29) is 11.7 Å². The van der Waals surface area contributed by atoms with Crippen LogP contribution in [0.3, 0.4) is 0 Å². The number of carbonyl (C=O) groups is 1. The molecule has 5 heteroatoms. The van der Waals surface area contributed by atoms with E-state index < -0.39 is 6.04 Å². The molecule has 0 spiro atoms. The van der Waals surface area contributed by atoms with Crippen molar-refractivity contribution in [1.29, 1.82) is 5.26 Å². The second-order valence-corrected chi connectivity index (χ2v) is 5.29. The molecule has 1 heterocycles. The normalized spacial score (nSPS) is 11.8. The minimum Gasteiger partial charge on any atom is -0.326 e. The lowest BCUT2D eigenvalue weighted by Crippen LogP contribution is -2.34. The Morgan fingerprint density at radius 1 is 1.36 bits per heavy atom. The third kappa shape index (κ3) is 2.60. The first-order valence-corrected chi connectivity index (χ1v) is 6.99. The fourth-order valence-electron chi connectivity index (χ4n) is 2.44. The molecule has 2 aromatic rings. The number of nitriles is 1. The topological polar surface area (TPSA) is 49.0 Å². The molecule has 114 valence electrons. The summed E-state index contributed by atoms with van der Waals surface area (Å²) in [6.45, 7) is 5.26. The molecule has 0 N–H and O–H groups in total. The number of halogens is 1. The Bertz CT molecular complexity index is 758. The van der Waals surface area contributed by atoms with Crippen LogP contribution < -0.4 is 0 Å². The van der Waals surface area contributed by atoms with Gasteiger partial charge in [0.2, 0.25) is 0 Å². The van der Waals surface area contributed by atoms with Gasteiger partial charge in [-0.3, -0.25) is 4.79 Å². The summed E-state index contributed by atoms with van der Waals surface area (Å²) in [4.78, 5) is 13.9. The first-order chi connectivity index (χ1) is 10.4. The van der Waals surface area contributed by atoms with Crippen molar-refractivity contribution in [2.24, 2.45) is 0 Å². The highest BCUT2D eigenvalue weighted by Crippen LogP contribution is 2.23. The van der Waals surface area contributed by atoms with Crippen LogP contribution in [0.15, 0.2) is 30.3 Å². The van der Waals surface area contributed by atoms with Crippen molar-refractivity contribution in [3.05, 3.63) is 53.1 Å². The van der Waals surface area contributed by atoms with Crippen LogP contribution in [0.5, 0.6) is 0 Å². The van der Waals surface area contributed by atoms with Gasteiger partial charge >= 0.3 is 0 Å². The molecule has 0 bridgehead atoms. The number of hydrogen-bond donors (Lipinski definition) is 0. The molecule has 0 radical (unpaired) electrons. The van der Waals surface area contributed by atoms with Crippen molar-refractivity contribution in [1.82, 2.24) is 9.47 Å². The van der Waals surface area contributed by atoms with E-state index in [0.717, 1.165) is 5.69 Å². The van der Waals surface area contributed by atoms with Crippen molar-refractivity contribution < 1.29 is 9.18 Å². The molecule has 0 aliphatic rings. The van der Waals surface area contributed by atoms with Crippen LogP contribution in [-0.2, 0) is 0 Å². The molecule has 2 rings (SSSR count). The number of amides is 1. The van der Waals surface area contributed by atoms with Crippen LogP contribution in [0.25, 0.3) is 5.69 Å². The molecule has 0 fully saturated rings. The molecular formula is C17H18FN3O. The third-order valence-corrected chi connectivity index (χ3v) is 3.84. The molecule has 22 heavy (non-hydrogen) atoms. The van der Waals surface area contributed by atoms with Crippen LogP contribution in [0.2, 0.25) is 0 Å². The summed E-state index contributed by atoms with van der Waals surface area (Å²) in [6.07, 6.45) is 0. The summed E-state index contributed by atoms with van der Waals surface area (Å²) in [7, 11) is 1.59. The summed E-state index contributed by atoms with van der Waals surface area (Å²) in [5.74, 6) is -0.591. The Kier molecular flexibility index (Phi) is 4.32. The SMILES string of the molecule is Cc1cc(C(=O)N(C)[C@@H](C)C#N)c(C)n1-c1ccccc1F. The number of para-hydroxylation sites is 1. The van der Waals surface area contributed by atoms with E-state index in [1.165, 1.54) is 11.0 Å². The minimum absolute atomic E-state index is 0.246. The van der Waals surface area contributed by atoms with Gasteiger partial charge < -0.3 is 9.47 Å². The zero-order chi connectivity index (χ0) is 16.4. The molecule has 1 atom stereocenters. The highest BCUT2D eigenvalue weighted by molar-refractivity contribution is 5.96. The Hall–Kier alpha value is -2.61. The van der Waals surface area contributed by atoms with Gasteiger partial charge in [0, 0.05) is 18.4 Å².